The van der Waals surface area contributed by atoms with Crippen molar-refractivity contribution >= 4 is 36.2 Å². The zero-order valence-corrected chi connectivity index (χ0v) is 16.5. The summed E-state index contributed by atoms with van der Waals surface area (Å²) in [5.41, 5.74) is 5.89. The molecular formula is C17H22Cl2FN5O2. The number of nitrogen functional groups attached to an aromatic ring is 1. The first-order valence-electron chi connectivity index (χ1n) is 8.12. The fourth-order valence-electron chi connectivity index (χ4n) is 2.45. The van der Waals surface area contributed by atoms with Crippen molar-refractivity contribution in [1.82, 2.24) is 20.6 Å². The first-order valence-corrected chi connectivity index (χ1v) is 8.50. The number of rotatable bonds is 9. The van der Waals surface area contributed by atoms with Crippen molar-refractivity contribution in [1.29, 1.82) is 0 Å². The number of carbonyl (C=O) groups excluding carboxylic acids is 1. The Morgan fingerprint density at radius 2 is 2.11 bits per heavy atom. The van der Waals surface area contributed by atoms with Gasteiger partial charge in [0.2, 0.25) is 12.3 Å². The minimum Gasteiger partial charge on any atom is -0.433 e. The lowest BCUT2D eigenvalue weighted by Crippen LogP contribution is -2.38. The fourth-order valence-corrected chi connectivity index (χ4v) is 2.63. The molecule has 10 heteroatoms. The summed E-state index contributed by atoms with van der Waals surface area (Å²) in [5, 5.41) is 5.99. The zero-order valence-electron chi connectivity index (χ0n) is 14.9. The molecule has 2 atom stereocenters. The maximum Gasteiger partial charge on any atom is 0.238 e. The number of benzene rings is 1. The Labute approximate surface area is 168 Å². The highest BCUT2D eigenvalue weighted by molar-refractivity contribution is 6.32. The van der Waals surface area contributed by atoms with Gasteiger partial charge in [-0.05, 0) is 19.4 Å². The summed E-state index contributed by atoms with van der Waals surface area (Å²) in [6, 6.07) is 2.85. The Bertz CT molecular complexity index is 749. The molecule has 0 fully saturated rings. The van der Waals surface area contributed by atoms with Crippen molar-refractivity contribution in [2.75, 3.05) is 12.3 Å². The molecule has 0 aliphatic carbocycles. The van der Waals surface area contributed by atoms with Crippen molar-refractivity contribution in [3.63, 3.8) is 0 Å². The first kappa shape index (κ1) is 22.9. The number of ether oxygens (including phenoxy) is 1. The molecular weight excluding hydrogens is 396 g/mol. The summed E-state index contributed by atoms with van der Waals surface area (Å²) < 4.78 is 20.5. The highest BCUT2D eigenvalue weighted by Crippen LogP contribution is 2.36. The van der Waals surface area contributed by atoms with Gasteiger partial charge in [0.15, 0.2) is 11.6 Å². The number of nitrogens with two attached hydrogens (primary N) is 1. The molecule has 1 aromatic carbocycles. The number of nitrogens with one attached hydrogen (secondary N) is 2. The third kappa shape index (κ3) is 6.20. The molecule has 0 radical (unpaired) electrons. The van der Waals surface area contributed by atoms with E-state index >= 15 is 4.39 Å². The van der Waals surface area contributed by atoms with Crippen molar-refractivity contribution in [3.05, 3.63) is 40.9 Å². The first-order chi connectivity index (χ1) is 12.5. The van der Waals surface area contributed by atoms with Crippen LogP contribution in [0.2, 0.25) is 5.02 Å². The molecule has 0 saturated carbocycles. The molecule has 0 aliphatic rings. The van der Waals surface area contributed by atoms with Crippen LogP contribution in [-0.4, -0.2) is 29.0 Å². The van der Waals surface area contributed by atoms with E-state index in [1.165, 1.54) is 12.4 Å². The van der Waals surface area contributed by atoms with Gasteiger partial charge < -0.3 is 21.1 Å². The molecule has 4 N–H and O–H groups in total. The molecule has 7 nitrogen and oxygen atoms in total. The molecule has 2 aromatic rings. The summed E-state index contributed by atoms with van der Waals surface area (Å²) in [5.74, 6) is -0.388. The van der Waals surface area contributed by atoms with E-state index in [9.17, 15) is 4.79 Å². The fraction of sp³-hybridized carbons (Fsp3) is 0.353. The van der Waals surface area contributed by atoms with E-state index < -0.39 is 5.82 Å². The Balaban J connectivity index is 0.00000364. The van der Waals surface area contributed by atoms with E-state index in [1.807, 2.05) is 13.8 Å². The quantitative estimate of drug-likeness (QED) is 0.541. The molecule has 1 amide bonds. The lowest BCUT2D eigenvalue weighted by molar-refractivity contribution is -0.109. The highest BCUT2D eigenvalue weighted by atomic mass is 35.5. The van der Waals surface area contributed by atoms with Gasteiger partial charge in [-0.15, -0.1) is 12.4 Å². The van der Waals surface area contributed by atoms with E-state index in [1.54, 1.807) is 12.1 Å². The maximum atomic E-state index is 15.0. The summed E-state index contributed by atoms with van der Waals surface area (Å²) in [7, 11) is 0. The lowest BCUT2D eigenvalue weighted by atomic mass is 10.0. The van der Waals surface area contributed by atoms with Crippen LogP contribution in [-0.2, 0) is 4.79 Å². The van der Waals surface area contributed by atoms with E-state index in [2.05, 4.69) is 20.6 Å². The molecule has 0 aliphatic heterocycles. The van der Waals surface area contributed by atoms with Crippen LogP contribution in [0.3, 0.4) is 0 Å². The van der Waals surface area contributed by atoms with Gasteiger partial charge in [-0.1, -0.05) is 24.6 Å². The molecule has 0 saturated heterocycles. The third-order valence-electron chi connectivity index (χ3n) is 3.71. The van der Waals surface area contributed by atoms with Crippen LogP contribution in [0, 0.1) is 5.82 Å². The van der Waals surface area contributed by atoms with E-state index in [0.29, 0.717) is 24.9 Å². The molecule has 1 aromatic heterocycles. The van der Waals surface area contributed by atoms with Crippen molar-refractivity contribution in [2.24, 2.45) is 0 Å². The van der Waals surface area contributed by atoms with Crippen LogP contribution in [0.1, 0.15) is 31.9 Å². The standard InChI is InChI=1S/C17H21ClFN5O2.ClH/c1-3-13(24-10(2)6-21-9-25)11-4-5-12(18)17(16(11)19)26-15-8-22-14(20)7-23-15;/h4-5,7-10,13,24H,3,6H2,1-2H3,(H2,20,22)(H,21,25);1H/t10-,13-;/m1./s1. The number of amides is 1. The molecule has 0 unspecified atom stereocenters. The van der Waals surface area contributed by atoms with Crippen LogP contribution in [0.5, 0.6) is 11.6 Å². The number of nitrogens with zero attached hydrogens (tertiary/aromatic N) is 2. The van der Waals surface area contributed by atoms with Crippen LogP contribution in [0.25, 0.3) is 0 Å². The smallest absolute Gasteiger partial charge is 0.238 e. The second-order valence-electron chi connectivity index (χ2n) is 5.72. The Kier molecular flexibility index (Phi) is 9.20. The van der Waals surface area contributed by atoms with Crippen molar-refractivity contribution in [2.45, 2.75) is 32.4 Å². The number of carbonyl (C=O) groups is 1. The summed E-state index contributed by atoms with van der Waals surface area (Å²) in [6.45, 7) is 4.26. The van der Waals surface area contributed by atoms with Gasteiger partial charge in [0.1, 0.15) is 5.82 Å². The largest absolute Gasteiger partial charge is 0.433 e. The van der Waals surface area contributed by atoms with Crippen LogP contribution < -0.4 is 21.1 Å². The Morgan fingerprint density at radius 1 is 1.37 bits per heavy atom. The monoisotopic (exact) mass is 417 g/mol. The zero-order chi connectivity index (χ0) is 19.1. The van der Waals surface area contributed by atoms with Gasteiger partial charge in [0, 0.05) is 24.2 Å². The highest BCUT2D eigenvalue weighted by Gasteiger charge is 2.22. The second kappa shape index (κ2) is 10.9. The minimum atomic E-state index is -0.578. The number of hydrogen-bond donors (Lipinski definition) is 3. The Morgan fingerprint density at radius 3 is 2.70 bits per heavy atom. The van der Waals surface area contributed by atoms with E-state index in [4.69, 9.17) is 22.1 Å². The predicted octanol–water partition coefficient (Wildman–Crippen LogP) is 3.24. The van der Waals surface area contributed by atoms with Gasteiger partial charge in [-0.25, -0.2) is 14.4 Å². The van der Waals surface area contributed by atoms with Crippen molar-refractivity contribution < 1.29 is 13.9 Å². The van der Waals surface area contributed by atoms with Crippen LogP contribution in [0.15, 0.2) is 24.5 Å². The minimum absolute atomic E-state index is 0. The SMILES string of the molecule is CC[C@@H](N[C@H](C)CNC=O)c1ccc(Cl)c(Oc2cnc(N)cn2)c1F.Cl. The number of hydrogen-bond acceptors (Lipinski definition) is 6. The van der Waals surface area contributed by atoms with Gasteiger partial charge in [-0.3, -0.25) is 4.79 Å². The maximum absolute atomic E-state index is 15.0. The second-order valence-corrected chi connectivity index (χ2v) is 6.12. The molecule has 2 rings (SSSR count). The number of aromatic nitrogens is 2. The van der Waals surface area contributed by atoms with Gasteiger partial charge in [-0.2, -0.15) is 0 Å². The number of halogens is 3. The van der Waals surface area contributed by atoms with E-state index in [0.717, 1.165) is 0 Å². The van der Waals surface area contributed by atoms with Gasteiger partial charge in [0.25, 0.3) is 0 Å². The summed E-state index contributed by atoms with van der Waals surface area (Å²) in [4.78, 5) is 18.2. The molecule has 1 heterocycles. The predicted molar refractivity (Wildman–Crippen MR) is 105 cm³/mol. The van der Waals surface area contributed by atoms with Gasteiger partial charge >= 0.3 is 0 Å². The van der Waals surface area contributed by atoms with E-state index in [-0.39, 0.29) is 47.0 Å². The normalized spacial score (nSPS) is 12.6. The topological polar surface area (TPSA) is 102 Å². The lowest BCUT2D eigenvalue weighted by Gasteiger charge is -2.23. The number of anilines is 1. The average molecular weight is 418 g/mol. The van der Waals surface area contributed by atoms with Crippen LogP contribution >= 0.6 is 24.0 Å². The summed E-state index contributed by atoms with van der Waals surface area (Å²) in [6.07, 6.45) is 3.86. The molecule has 0 spiro atoms. The van der Waals surface area contributed by atoms with Gasteiger partial charge in [0.05, 0.1) is 17.4 Å². The molecule has 0 bridgehead atoms. The van der Waals surface area contributed by atoms with Crippen molar-refractivity contribution in [3.8, 4) is 11.6 Å². The summed E-state index contributed by atoms with van der Waals surface area (Å²) >= 11 is 6.10. The average Bonchev–Trinajstić information content (AvgIpc) is 2.63. The van der Waals surface area contributed by atoms with Crippen LogP contribution in [0.4, 0.5) is 10.2 Å². The third-order valence-corrected chi connectivity index (χ3v) is 4.01. The molecule has 27 heavy (non-hydrogen) atoms. The Hall–Kier alpha value is -2.16. The molecule has 148 valence electrons.